The van der Waals surface area contributed by atoms with Crippen LogP contribution < -0.4 is 4.90 Å². The van der Waals surface area contributed by atoms with E-state index in [1.807, 2.05) is 0 Å². The second kappa shape index (κ2) is 14.8. The van der Waals surface area contributed by atoms with Crippen molar-refractivity contribution in [2.75, 3.05) is 4.90 Å². The SMILES string of the molecule is c1ccc(-c2ccc(N(c3ccc(-c4ccccc4)cc3)c3ccc4c5ccc(-c6cccc7c6C6(c8ccccc8-7)C7CC8CC(C7)CC6C8)cc5n(-c5ccccc5)c4c3)cc2)cc1. The standard InChI is InChI=1S/C64H50N2/c1-4-13-44(14-5-1)46-23-28-52(29-24-46)65(53-30-25-47(26-31-53)45-15-6-2-7-16-45)54-32-34-58-57-33-27-48(40-61(57)66(62(58)41-54)51-17-8-3-9-18-51)55-20-12-21-59-56-19-10-11-22-60(56)64(63(55)59)49-36-42-35-43(38-49)39-50(64)37-42/h1-34,40-43,49-50H,35-39H2. The largest absolute Gasteiger partial charge is 0.310 e. The topological polar surface area (TPSA) is 8.17 Å². The lowest BCUT2D eigenvalue weighted by Gasteiger charge is -2.61. The van der Waals surface area contributed by atoms with Gasteiger partial charge >= 0.3 is 0 Å². The molecule has 2 nitrogen and oxygen atoms in total. The summed E-state index contributed by atoms with van der Waals surface area (Å²) >= 11 is 0. The third kappa shape index (κ3) is 5.67. The maximum atomic E-state index is 2.52. The fourth-order valence-electron chi connectivity index (χ4n) is 13.9. The summed E-state index contributed by atoms with van der Waals surface area (Å²) in [6, 6.07) is 81.6. The third-order valence-electron chi connectivity index (χ3n) is 16.4. The fraction of sp³-hybridized carbons (Fsp3) is 0.156. The highest BCUT2D eigenvalue weighted by molar-refractivity contribution is 6.11. The molecule has 0 aliphatic heterocycles. The van der Waals surface area contributed by atoms with E-state index in [9.17, 15) is 0 Å². The summed E-state index contributed by atoms with van der Waals surface area (Å²) in [5.41, 5.74) is 20.8. The number of anilines is 3. The number of para-hydroxylation sites is 1. The Morgan fingerprint density at radius 3 is 1.45 bits per heavy atom. The molecule has 15 rings (SSSR count). The van der Waals surface area contributed by atoms with Gasteiger partial charge in [-0.25, -0.2) is 0 Å². The van der Waals surface area contributed by atoms with E-state index in [2.05, 4.69) is 228 Å². The average Bonchev–Trinajstić information content (AvgIpc) is 3.87. The fourth-order valence-corrected chi connectivity index (χ4v) is 13.9. The predicted molar refractivity (Wildman–Crippen MR) is 275 cm³/mol. The van der Waals surface area contributed by atoms with Crippen molar-refractivity contribution in [2.24, 2.45) is 23.7 Å². The molecule has 5 aliphatic rings. The van der Waals surface area contributed by atoms with Gasteiger partial charge in [0.1, 0.15) is 0 Å². The molecular weight excluding hydrogens is 797 g/mol. The van der Waals surface area contributed by atoms with Gasteiger partial charge in [-0.3, -0.25) is 0 Å². The summed E-state index contributed by atoms with van der Waals surface area (Å²) < 4.78 is 2.52. The molecule has 1 spiro atoms. The van der Waals surface area contributed by atoms with E-state index in [0.29, 0.717) is 11.8 Å². The minimum Gasteiger partial charge on any atom is -0.310 e. The van der Waals surface area contributed by atoms with Crippen molar-refractivity contribution in [3.05, 3.63) is 230 Å². The van der Waals surface area contributed by atoms with Gasteiger partial charge in [0.2, 0.25) is 0 Å². The van der Waals surface area contributed by atoms with Crippen molar-refractivity contribution in [1.82, 2.24) is 4.57 Å². The number of benzene rings is 9. The second-order valence-corrected chi connectivity index (χ2v) is 19.7. The first-order valence-corrected chi connectivity index (χ1v) is 24.2. The summed E-state index contributed by atoms with van der Waals surface area (Å²) in [5.74, 6) is 3.23. The van der Waals surface area contributed by atoms with E-state index < -0.39 is 0 Å². The first-order valence-electron chi connectivity index (χ1n) is 24.2. The van der Waals surface area contributed by atoms with Crippen LogP contribution in [0.4, 0.5) is 17.1 Å². The van der Waals surface area contributed by atoms with Gasteiger partial charge in [0, 0.05) is 38.9 Å². The molecule has 1 aromatic heterocycles. The summed E-state index contributed by atoms with van der Waals surface area (Å²) in [6.45, 7) is 0. The smallest absolute Gasteiger partial charge is 0.0561 e. The summed E-state index contributed by atoms with van der Waals surface area (Å²) in [4.78, 5) is 2.41. The highest BCUT2D eigenvalue weighted by Crippen LogP contribution is 2.70. The molecule has 2 heteroatoms. The minimum absolute atomic E-state index is 0.0913. The number of hydrogen-bond donors (Lipinski definition) is 0. The Morgan fingerprint density at radius 1 is 0.364 bits per heavy atom. The lowest BCUT2D eigenvalue weighted by molar-refractivity contribution is -0.0397. The molecule has 5 aliphatic carbocycles. The Labute approximate surface area is 387 Å². The number of fused-ring (bicyclic) bond motifs is 6. The normalized spacial score (nSPS) is 21.1. The Bertz CT molecular complexity index is 3340. The number of aromatic nitrogens is 1. The predicted octanol–water partition coefficient (Wildman–Crippen LogP) is 17.0. The van der Waals surface area contributed by atoms with E-state index in [-0.39, 0.29) is 5.41 Å². The van der Waals surface area contributed by atoms with Crippen LogP contribution in [0.3, 0.4) is 0 Å². The molecule has 4 saturated carbocycles. The first-order chi connectivity index (χ1) is 32.7. The van der Waals surface area contributed by atoms with Crippen molar-refractivity contribution in [2.45, 2.75) is 37.5 Å². The maximum absolute atomic E-state index is 2.52. The van der Waals surface area contributed by atoms with Gasteiger partial charge in [-0.1, -0.05) is 164 Å². The van der Waals surface area contributed by atoms with Gasteiger partial charge in [-0.2, -0.15) is 0 Å². The van der Waals surface area contributed by atoms with Crippen molar-refractivity contribution in [1.29, 1.82) is 0 Å². The summed E-state index contributed by atoms with van der Waals surface area (Å²) in [5, 5.41) is 2.53. The van der Waals surface area contributed by atoms with E-state index in [1.54, 1.807) is 11.1 Å². The molecule has 10 aromatic rings. The lowest BCUT2D eigenvalue weighted by atomic mass is 9.42. The minimum atomic E-state index is 0.0913. The van der Waals surface area contributed by atoms with Gasteiger partial charge in [0.05, 0.1) is 11.0 Å². The van der Waals surface area contributed by atoms with Crippen LogP contribution in [-0.2, 0) is 5.41 Å². The highest BCUT2D eigenvalue weighted by atomic mass is 15.1. The molecule has 66 heavy (non-hydrogen) atoms. The van der Waals surface area contributed by atoms with E-state index in [1.165, 1.54) is 104 Å². The van der Waals surface area contributed by atoms with Crippen molar-refractivity contribution in [3.63, 3.8) is 0 Å². The maximum Gasteiger partial charge on any atom is 0.0561 e. The van der Waals surface area contributed by atoms with Crippen molar-refractivity contribution in [3.8, 4) is 50.2 Å². The molecule has 0 unspecified atom stereocenters. The summed E-state index contributed by atoms with van der Waals surface area (Å²) in [7, 11) is 0. The third-order valence-corrected chi connectivity index (χ3v) is 16.4. The van der Waals surface area contributed by atoms with Crippen LogP contribution in [0.5, 0.6) is 0 Å². The zero-order valence-corrected chi connectivity index (χ0v) is 37.0. The van der Waals surface area contributed by atoms with Crippen LogP contribution in [0.1, 0.15) is 43.2 Å². The van der Waals surface area contributed by atoms with Gasteiger partial charge in [-0.15, -0.1) is 0 Å². The number of nitrogens with zero attached hydrogens (tertiary/aromatic N) is 2. The van der Waals surface area contributed by atoms with Crippen LogP contribution in [0.2, 0.25) is 0 Å². The van der Waals surface area contributed by atoms with Gasteiger partial charge in [0.25, 0.3) is 0 Å². The van der Waals surface area contributed by atoms with Crippen molar-refractivity contribution >= 4 is 38.9 Å². The zero-order chi connectivity index (χ0) is 43.3. The molecule has 0 saturated heterocycles. The Hall–Kier alpha value is -7.42. The van der Waals surface area contributed by atoms with E-state index >= 15 is 0 Å². The number of hydrogen-bond acceptors (Lipinski definition) is 1. The van der Waals surface area contributed by atoms with Crippen molar-refractivity contribution < 1.29 is 0 Å². The number of rotatable bonds is 7. The van der Waals surface area contributed by atoms with Gasteiger partial charge in [-0.05, 0) is 166 Å². The Kier molecular flexibility index (Phi) is 8.50. The second-order valence-electron chi connectivity index (χ2n) is 19.7. The molecule has 1 heterocycles. The van der Waals surface area contributed by atoms with Crippen LogP contribution in [-0.4, -0.2) is 4.57 Å². The van der Waals surface area contributed by atoms with Gasteiger partial charge < -0.3 is 9.47 Å². The Morgan fingerprint density at radius 2 is 0.833 bits per heavy atom. The summed E-state index contributed by atoms with van der Waals surface area (Å²) in [6.07, 6.45) is 6.98. The molecule has 9 aromatic carbocycles. The molecule has 0 atom stereocenters. The molecule has 0 N–H and O–H groups in total. The molecule has 4 fully saturated rings. The van der Waals surface area contributed by atoms with Crippen LogP contribution in [0.15, 0.2) is 218 Å². The molecule has 316 valence electrons. The Balaban J connectivity index is 0.950. The van der Waals surface area contributed by atoms with E-state index in [0.717, 1.165) is 28.9 Å². The van der Waals surface area contributed by atoms with E-state index in [4.69, 9.17) is 0 Å². The molecule has 4 bridgehead atoms. The first kappa shape index (κ1) is 37.9. The quantitative estimate of drug-likeness (QED) is 0.155. The van der Waals surface area contributed by atoms with Crippen LogP contribution in [0, 0.1) is 23.7 Å². The van der Waals surface area contributed by atoms with Crippen LogP contribution >= 0.6 is 0 Å². The molecular formula is C64H50N2. The molecule has 0 amide bonds. The zero-order valence-electron chi connectivity index (χ0n) is 37.0. The van der Waals surface area contributed by atoms with Crippen LogP contribution in [0.25, 0.3) is 72.0 Å². The average molecular weight is 847 g/mol. The molecule has 0 radical (unpaired) electrons. The monoisotopic (exact) mass is 846 g/mol. The highest BCUT2D eigenvalue weighted by Gasteiger charge is 2.62. The lowest BCUT2D eigenvalue weighted by Crippen LogP contribution is -2.55. The van der Waals surface area contributed by atoms with Gasteiger partial charge in [0.15, 0.2) is 0 Å².